The van der Waals surface area contributed by atoms with Gasteiger partial charge in [-0.2, -0.15) is 0 Å². The van der Waals surface area contributed by atoms with Crippen molar-refractivity contribution in [1.82, 2.24) is 4.90 Å². The minimum Gasteiger partial charge on any atom is -1.00 e. The Morgan fingerprint density at radius 3 is 2.50 bits per heavy atom. The number of hydrogen-bond acceptors (Lipinski definition) is 4. The van der Waals surface area contributed by atoms with Gasteiger partial charge in [-0.15, -0.1) is 0 Å². The molecule has 0 amide bonds. The molecule has 138 valence electrons. The van der Waals surface area contributed by atoms with Crippen molar-refractivity contribution in [2.75, 3.05) is 57.3 Å². The summed E-state index contributed by atoms with van der Waals surface area (Å²) in [7, 11) is 0.872. The number of phenolic OH excluding ortho intramolecular Hbond substituents is 1. The number of anilines is 1. The van der Waals surface area contributed by atoms with Crippen molar-refractivity contribution in [2.45, 2.75) is 13.3 Å². The monoisotopic (exact) mass is 377 g/mol. The number of halogens is 1. The van der Waals surface area contributed by atoms with Crippen LogP contribution in [0.15, 0.2) is 18.2 Å². The van der Waals surface area contributed by atoms with Crippen LogP contribution in [-0.2, 0) is 10.0 Å². The molecule has 1 aliphatic rings. The molecule has 1 aromatic carbocycles. The maximum atomic E-state index is 12.2. The van der Waals surface area contributed by atoms with E-state index in [1.54, 1.807) is 18.2 Å². The Kier molecular flexibility index (Phi) is 7.34. The van der Waals surface area contributed by atoms with Gasteiger partial charge in [0.25, 0.3) is 0 Å². The summed E-state index contributed by atoms with van der Waals surface area (Å²) in [5.74, 6) is 0.0379. The maximum Gasteiger partial charge on any atom is 0.233 e. The van der Waals surface area contributed by atoms with Gasteiger partial charge in [-0.25, -0.2) is 8.42 Å². The number of rotatable bonds is 6. The van der Waals surface area contributed by atoms with E-state index in [-0.39, 0.29) is 29.6 Å². The lowest BCUT2D eigenvalue weighted by Crippen LogP contribution is -3.00. The zero-order valence-corrected chi connectivity index (χ0v) is 16.2. The van der Waals surface area contributed by atoms with Crippen molar-refractivity contribution < 1.29 is 30.4 Å². The highest BCUT2D eigenvalue weighted by Crippen LogP contribution is 2.25. The molecule has 0 unspecified atom stereocenters. The fraction of sp³-hybridized carbons (Fsp3) is 0.625. The number of hydrogen-bond donors (Lipinski definition) is 2. The summed E-state index contributed by atoms with van der Waals surface area (Å²) in [6.07, 6.45) is 0.613. The molecular weight excluding hydrogens is 350 g/mol. The number of quaternary nitrogens is 1. The highest BCUT2D eigenvalue weighted by Gasteiger charge is 2.27. The SMILES string of the molecule is Cc1ccc(NS(=O)(=O)CCC[N+]2(C)CCN(C)CC2)c(O)c1.[Cl-]. The molecule has 1 saturated heterocycles. The largest absolute Gasteiger partial charge is 1.00 e. The number of phenols is 1. The van der Waals surface area contributed by atoms with Crippen LogP contribution in [0, 0.1) is 6.92 Å². The van der Waals surface area contributed by atoms with E-state index in [2.05, 4.69) is 23.7 Å². The van der Waals surface area contributed by atoms with Crippen LogP contribution in [-0.4, -0.2) is 75.5 Å². The summed E-state index contributed by atoms with van der Waals surface area (Å²) in [6.45, 7) is 6.93. The van der Waals surface area contributed by atoms with E-state index in [1.807, 2.05) is 6.92 Å². The van der Waals surface area contributed by atoms with Crippen molar-refractivity contribution in [1.29, 1.82) is 0 Å². The second kappa shape index (κ2) is 8.38. The number of sulfonamides is 1. The van der Waals surface area contributed by atoms with Crippen molar-refractivity contribution >= 4 is 15.7 Å². The van der Waals surface area contributed by atoms with Crippen LogP contribution in [0.5, 0.6) is 5.75 Å². The second-order valence-electron chi connectivity index (χ2n) is 6.89. The molecule has 1 aliphatic heterocycles. The Hall–Kier alpha value is -1.02. The first-order valence-electron chi connectivity index (χ1n) is 8.01. The quantitative estimate of drug-likeness (QED) is 0.454. The van der Waals surface area contributed by atoms with Crippen molar-refractivity contribution in [3.05, 3.63) is 23.8 Å². The topological polar surface area (TPSA) is 69.6 Å². The predicted octanol–water partition coefficient (Wildman–Crippen LogP) is -1.77. The molecule has 1 fully saturated rings. The van der Waals surface area contributed by atoms with Gasteiger partial charge in [0, 0.05) is 19.5 Å². The lowest BCUT2D eigenvalue weighted by molar-refractivity contribution is -0.913. The molecule has 24 heavy (non-hydrogen) atoms. The van der Waals surface area contributed by atoms with Crippen LogP contribution in [0.2, 0.25) is 0 Å². The third-order valence-electron chi connectivity index (χ3n) is 4.57. The van der Waals surface area contributed by atoms with Gasteiger partial charge in [0.15, 0.2) is 0 Å². The Morgan fingerprint density at radius 2 is 1.92 bits per heavy atom. The number of nitrogens with zero attached hydrogens (tertiary/aromatic N) is 2. The summed E-state index contributed by atoms with van der Waals surface area (Å²) in [5, 5.41) is 9.82. The summed E-state index contributed by atoms with van der Waals surface area (Å²) >= 11 is 0. The van der Waals surface area contributed by atoms with Gasteiger partial charge in [-0.1, -0.05) is 6.07 Å². The predicted molar refractivity (Wildman–Crippen MR) is 93.2 cm³/mol. The Balaban J connectivity index is 0.00000288. The fourth-order valence-electron chi connectivity index (χ4n) is 2.85. The molecule has 0 spiro atoms. The Bertz CT molecular complexity index is 644. The van der Waals surface area contributed by atoms with Crippen molar-refractivity contribution in [3.8, 4) is 5.75 Å². The number of aryl methyl sites for hydroxylation is 1. The van der Waals surface area contributed by atoms with E-state index in [0.717, 1.165) is 42.8 Å². The number of nitrogens with one attached hydrogen (secondary N) is 1. The number of aromatic hydroxyl groups is 1. The molecular formula is C16H28ClN3O3S. The number of benzene rings is 1. The molecule has 6 nitrogen and oxygen atoms in total. The number of piperazine rings is 1. The normalized spacial score (nSPS) is 18.0. The van der Waals surface area contributed by atoms with E-state index in [4.69, 9.17) is 0 Å². The van der Waals surface area contributed by atoms with Crippen LogP contribution < -0.4 is 17.1 Å². The smallest absolute Gasteiger partial charge is 0.233 e. The molecule has 0 aromatic heterocycles. The molecule has 0 atom stereocenters. The van der Waals surface area contributed by atoms with Gasteiger partial charge in [-0.3, -0.25) is 9.62 Å². The summed E-state index contributed by atoms with van der Waals surface area (Å²) in [5.41, 5.74) is 1.13. The third-order valence-corrected chi connectivity index (χ3v) is 5.93. The molecule has 0 aliphatic carbocycles. The molecule has 0 saturated carbocycles. The molecule has 2 N–H and O–H groups in total. The fourth-order valence-corrected chi connectivity index (χ4v) is 3.97. The van der Waals surface area contributed by atoms with Crippen LogP contribution in [0.25, 0.3) is 0 Å². The molecule has 1 heterocycles. The molecule has 0 bridgehead atoms. The zero-order chi connectivity index (χ0) is 17.1. The standard InChI is InChI=1S/C16H27N3O3S.ClH/c1-14-5-6-15(16(20)13-14)17-23(21,22)12-4-9-19(3)10-7-18(2)8-11-19;/h5-6,13,17H,4,7-12H2,1-3H3;1H. The first-order chi connectivity index (χ1) is 10.7. The van der Waals surface area contributed by atoms with Gasteiger partial charge in [0.2, 0.25) is 10.0 Å². The average molecular weight is 378 g/mol. The maximum absolute atomic E-state index is 12.2. The molecule has 0 radical (unpaired) electrons. The molecule has 2 rings (SSSR count). The van der Waals surface area contributed by atoms with Crippen LogP contribution in [0.4, 0.5) is 5.69 Å². The Labute approximate surface area is 151 Å². The number of likely N-dealkylation sites (N-methyl/N-ethyl adjacent to an activating group) is 2. The van der Waals surface area contributed by atoms with E-state index >= 15 is 0 Å². The van der Waals surface area contributed by atoms with Gasteiger partial charge in [0.05, 0.1) is 38.1 Å². The first-order valence-corrected chi connectivity index (χ1v) is 9.67. The highest BCUT2D eigenvalue weighted by molar-refractivity contribution is 7.92. The molecule has 8 heteroatoms. The minimum atomic E-state index is -3.44. The first kappa shape index (κ1) is 21.0. The lowest BCUT2D eigenvalue weighted by atomic mass is 10.2. The minimum absolute atomic E-state index is 0. The molecule has 1 aromatic rings. The van der Waals surface area contributed by atoms with Crippen LogP contribution >= 0.6 is 0 Å². The third kappa shape index (κ3) is 6.12. The van der Waals surface area contributed by atoms with E-state index < -0.39 is 10.0 Å². The van der Waals surface area contributed by atoms with Crippen molar-refractivity contribution in [3.63, 3.8) is 0 Å². The van der Waals surface area contributed by atoms with Gasteiger partial charge < -0.3 is 22.0 Å². The van der Waals surface area contributed by atoms with Crippen LogP contribution in [0.3, 0.4) is 0 Å². The van der Waals surface area contributed by atoms with Crippen molar-refractivity contribution in [2.24, 2.45) is 0 Å². The van der Waals surface area contributed by atoms with E-state index in [1.165, 1.54) is 0 Å². The summed E-state index contributed by atoms with van der Waals surface area (Å²) < 4.78 is 27.8. The zero-order valence-electron chi connectivity index (χ0n) is 14.6. The summed E-state index contributed by atoms with van der Waals surface area (Å²) in [6, 6.07) is 4.92. The van der Waals surface area contributed by atoms with Gasteiger partial charge >= 0.3 is 0 Å². The lowest BCUT2D eigenvalue weighted by Gasteiger charge is -2.41. The van der Waals surface area contributed by atoms with E-state index in [0.29, 0.717) is 6.42 Å². The van der Waals surface area contributed by atoms with Crippen LogP contribution in [0.1, 0.15) is 12.0 Å². The van der Waals surface area contributed by atoms with E-state index in [9.17, 15) is 13.5 Å². The van der Waals surface area contributed by atoms with Gasteiger partial charge in [0.1, 0.15) is 5.75 Å². The summed E-state index contributed by atoms with van der Waals surface area (Å²) in [4.78, 5) is 2.30. The highest BCUT2D eigenvalue weighted by atomic mass is 35.5. The average Bonchev–Trinajstić information content (AvgIpc) is 2.45. The van der Waals surface area contributed by atoms with Gasteiger partial charge in [-0.05, 0) is 31.7 Å². The Morgan fingerprint density at radius 1 is 1.29 bits per heavy atom. The second-order valence-corrected chi connectivity index (χ2v) is 8.73.